The van der Waals surface area contributed by atoms with E-state index in [0.717, 1.165) is 0 Å². The number of halogens is 2. The maximum Gasteiger partial charge on any atom is 0.394 e. The molecule has 1 aromatic carbocycles. The standard InChI is InChI=1S/C20H22F2N4O2/c1-4-10-24-12-17(23)18-16(13(2)27)9-11-25-19(18)26-14-5-7-15(8-6-14)28-20(3,21)22/h4-11,13,23,27H,1,12H2,2-3H3,(H,25,26)/b23-17?,24-10+. The number of benzene rings is 1. The summed E-state index contributed by atoms with van der Waals surface area (Å²) < 4.78 is 30.4. The van der Waals surface area contributed by atoms with Gasteiger partial charge >= 0.3 is 6.11 Å². The molecule has 0 aliphatic carbocycles. The third kappa shape index (κ3) is 5.95. The summed E-state index contributed by atoms with van der Waals surface area (Å²) in [5.74, 6) is 0.377. The van der Waals surface area contributed by atoms with Crippen LogP contribution in [0.5, 0.6) is 5.75 Å². The monoisotopic (exact) mass is 388 g/mol. The number of alkyl halides is 2. The minimum Gasteiger partial charge on any atom is -0.433 e. The lowest BCUT2D eigenvalue weighted by molar-refractivity contribution is -0.158. The summed E-state index contributed by atoms with van der Waals surface area (Å²) in [6.45, 7) is 5.89. The van der Waals surface area contributed by atoms with Gasteiger partial charge in [-0.15, -0.1) is 0 Å². The van der Waals surface area contributed by atoms with Crippen LogP contribution < -0.4 is 10.1 Å². The molecule has 1 atom stereocenters. The van der Waals surface area contributed by atoms with Crippen LogP contribution in [0.4, 0.5) is 20.3 Å². The van der Waals surface area contributed by atoms with Gasteiger partial charge in [0, 0.05) is 30.6 Å². The number of aromatic nitrogens is 1. The molecule has 0 aliphatic rings. The molecule has 0 bridgehead atoms. The predicted octanol–water partition coefficient (Wildman–Crippen LogP) is 4.49. The average molecular weight is 388 g/mol. The number of rotatable bonds is 9. The molecule has 8 heteroatoms. The van der Waals surface area contributed by atoms with E-state index >= 15 is 0 Å². The van der Waals surface area contributed by atoms with Crippen molar-refractivity contribution < 1.29 is 18.6 Å². The largest absolute Gasteiger partial charge is 0.433 e. The topological polar surface area (TPSA) is 90.6 Å². The van der Waals surface area contributed by atoms with Crippen LogP contribution in [0.3, 0.4) is 0 Å². The quantitative estimate of drug-likeness (QED) is 0.552. The number of aliphatic hydroxyl groups excluding tert-OH is 1. The Labute approximate surface area is 162 Å². The lowest BCUT2D eigenvalue weighted by atomic mass is 10.0. The first-order valence-electron chi connectivity index (χ1n) is 8.51. The Morgan fingerprint density at radius 2 is 2.07 bits per heavy atom. The fourth-order valence-corrected chi connectivity index (χ4v) is 2.48. The molecule has 1 heterocycles. The maximum atomic E-state index is 12.9. The second kappa shape index (κ2) is 9.18. The van der Waals surface area contributed by atoms with Crippen LogP contribution in [0.1, 0.15) is 31.1 Å². The Morgan fingerprint density at radius 1 is 1.39 bits per heavy atom. The molecule has 0 fully saturated rings. The van der Waals surface area contributed by atoms with Gasteiger partial charge in [0.2, 0.25) is 0 Å². The van der Waals surface area contributed by atoms with E-state index in [9.17, 15) is 13.9 Å². The van der Waals surface area contributed by atoms with Gasteiger partial charge in [-0.05, 0) is 42.8 Å². The number of nitrogens with one attached hydrogen (secondary N) is 2. The van der Waals surface area contributed by atoms with E-state index in [0.29, 0.717) is 29.6 Å². The van der Waals surface area contributed by atoms with Crippen molar-refractivity contribution in [2.45, 2.75) is 26.1 Å². The van der Waals surface area contributed by atoms with Gasteiger partial charge in [-0.1, -0.05) is 12.7 Å². The van der Waals surface area contributed by atoms with E-state index in [2.05, 4.69) is 26.6 Å². The van der Waals surface area contributed by atoms with E-state index in [4.69, 9.17) is 5.41 Å². The SMILES string of the molecule is C=C/C=N/CC(=N)c1c(C(C)O)ccnc1Nc1ccc(OC(C)(F)F)cc1. The Morgan fingerprint density at radius 3 is 2.64 bits per heavy atom. The zero-order valence-corrected chi connectivity index (χ0v) is 15.6. The summed E-state index contributed by atoms with van der Waals surface area (Å²) in [5, 5.41) is 21.5. The highest BCUT2D eigenvalue weighted by Crippen LogP contribution is 2.28. The average Bonchev–Trinajstić information content (AvgIpc) is 2.62. The maximum absolute atomic E-state index is 12.9. The highest BCUT2D eigenvalue weighted by molar-refractivity contribution is 6.06. The first-order chi connectivity index (χ1) is 13.2. The van der Waals surface area contributed by atoms with E-state index in [-0.39, 0.29) is 18.0 Å². The first-order valence-corrected chi connectivity index (χ1v) is 8.51. The lowest BCUT2D eigenvalue weighted by Gasteiger charge is -2.17. The molecule has 3 N–H and O–H groups in total. The van der Waals surface area contributed by atoms with Crippen LogP contribution in [-0.4, -0.2) is 34.7 Å². The van der Waals surface area contributed by atoms with E-state index in [1.54, 1.807) is 25.1 Å². The molecule has 6 nitrogen and oxygen atoms in total. The summed E-state index contributed by atoms with van der Waals surface area (Å²) in [5.41, 5.74) is 1.68. The van der Waals surface area contributed by atoms with Crippen molar-refractivity contribution in [3.63, 3.8) is 0 Å². The molecule has 0 aliphatic heterocycles. The van der Waals surface area contributed by atoms with Gasteiger partial charge in [0.25, 0.3) is 0 Å². The summed E-state index contributed by atoms with van der Waals surface area (Å²) in [6, 6.07) is 7.55. The summed E-state index contributed by atoms with van der Waals surface area (Å²) >= 11 is 0. The number of ether oxygens (including phenoxy) is 1. The molecule has 1 aromatic heterocycles. The molecular weight excluding hydrogens is 366 g/mol. The number of hydrogen-bond donors (Lipinski definition) is 3. The van der Waals surface area contributed by atoms with Crippen molar-refractivity contribution in [1.82, 2.24) is 4.98 Å². The van der Waals surface area contributed by atoms with Gasteiger partial charge in [0.1, 0.15) is 11.6 Å². The van der Waals surface area contributed by atoms with Crippen LogP contribution in [-0.2, 0) is 0 Å². The number of hydrogen-bond acceptors (Lipinski definition) is 6. The second-order valence-corrected chi connectivity index (χ2v) is 6.06. The predicted molar refractivity (Wildman–Crippen MR) is 106 cm³/mol. The molecule has 2 rings (SSSR count). The number of nitrogens with zero attached hydrogens (tertiary/aromatic N) is 2. The van der Waals surface area contributed by atoms with E-state index in [1.807, 2.05) is 0 Å². The molecule has 0 saturated carbocycles. The van der Waals surface area contributed by atoms with Crippen molar-refractivity contribution in [3.8, 4) is 5.75 Å². The fourth-order valence-electron chi connectivity index (χ4n) is 2.48. The minimum atomic E-state index is -3.27. The molecule has 0 amide bonds. The minimum absolute atomic E-state index is 0.0236. The van der Waals surface area contributed by atoms with Gasteiger partial charge in [-0.2, -0.15) is 8.78 Å². The molecule has 28 heavy (non-hydrogen) atoms. The fraction of sp³-hybridized carbons (Fsp3) is 0.250. The summed E-state index contributed by atoms with van der Waals surface area (Å²) in [4.78, 5) is 8.33. The van der Waals surface area contributed by atoms with Gasteiger partial charge in [0.05, 0.1) is 18.4 Å². The smallest absolute Gasteiger partial charge is 0.394 e. The molecule has 148 valence electrons. The van der Waals surface area contributed by atoms with Crippen molar-refractivity contribution in [1.29, 1.82) is 5.41 Å². The van der Waals surface area contributed by atoms with Crippen LogP contribution in [0.2, 0.25) is 0 Å². The third-order valence-electron chi connectivity index (χ3n) is 3.61. The third-order valence-corrected chi connectivity index (χ3v) is 3.61. The van der Waals surface area contributed by atoms with Crippen molar-refractivity contribution in [2.75, 3.05) is 11.9 Å². The summed E-state index contributed by atoms with van der Waals surface area (Å²) in [7, 11) is 0. The highest BCUT2D eigenvalue weighted by Gasteiger charge is 2.23. The molecule has 1 unspecified atom stereocenters. The van der Waals surface area contributed by atoms with Crippen molar-refractivity contribution >= 4 is 23.4 Å². The Balaban J connectivity index is 2.32. The van der Waals surface area contributed by atoms with Crippen molar-refractivity contribution in [3.05, 3.63) is 60.3 Å². The van der Waals surface area contributed by atoms with Gasteiger partial charge in [-0.3, -0.25) is 4.99 Å². The first kappa shape index (κ1) is 21.2. The zero-order chi connectivity index (χ0) is 20.7. The number of aliphatic hydroxyl groups is 1. The van der Waals surface area contributed by atoms with Crippen LogP contribution in [0, 0.1) is 5.41 Å². The summed E-state index contributed by atoms with van der Waals surface area (Å²) in [6.07, 6.45) is 0.432. The number of allylic oxidation sites excluding steroid dienone is 1. The van der Waals surface area contributed by atoms with E-state index < -0.39 is 12.2 Å². The Bertz CT molecular complexity index is 859. The van der Waals surface area contributed by atoms with E-state index in [1.165, 1.54) is 30.6 Å². The molecular formula is C20H22F2N4O2. The van der Waals surface area contributed by atoms with Crippen molar-refractivity contribution in [2.24, 2.45) is 4.99 Å². The molecule has 0 spiro atoms. The Hall–Kier alpha value is -3.13. The van der Waals surface area contributed by atoms with Crippen LogP contribution >= 0.6 is 0 Å². The number of pyridine rings is 1. The number of aliphatic imine (C=N–C) groups is 1. The number of anilines is 2. The molecule has 2 aromatic rings. The lowest BCUT2D eigenvalue weighted by Crippen LogP contribution is -2.19. The van der Waals surface area contributed by atoms with Gasteiger partial charge in [-0.25, -0.2) is 4.98 Å². The molecule has 0 saturated heterocycles. The molecule has 0 radical (unpaired) electrons. The van der Waals surface area contributed by atoms with Gasteiger partial charge in [0.15, 0.2) is 0 Å². The zero-order valence-electron chi connectivity index (χ0n) is 15.6. The van der Waals surface area contributed by atoms with Gasteiger partial charge < -0.3 is 20.6 Å². The highest BCUT2D eigenvalue weighted by atomic mass is 19.3. The van der Waals surface area contributed by atoms with Crippen LogP contribution in [0.15, 0.2) is 54.2 Å². The second-order valence-electron chi connectivity index (χ2n) is 6.06. The normalized spacial score (nSPS) is 12.6. The van der Waals surface area contributed by atoms with Crippen LogP contribution in [0.25, 0.3) is 0 Å². The Kier molecular flexibility index (Phi) is 6.94.